The van der Waals surface area contributed by atoms with Gasteiger partial charge in [0.2, 0.25) is 10.0 Å². The number of carbonyl (C=O) groups is 1. The quantitative estimate of drug-likeness (QED) is 0.874. The van der Waals surface area contributed by atoms with Gasteiger partial charge in [-0.1, -0.05) is 12.1 Å². The molecule has 0 fully saturated rings. The van der Waals surface area contributed by atoms with Crippen LogP contribution in [0, 0.1) is 6.92 Å². The van der Waals surface area contributed by atoms with E-state index in [4.69, 9.17) is 5.11 Å². The van der Waals surface area contributed by atoms with Gasteiger partial charge in [0.15, 0.2) is 0 Å². The van der Waals surface area contributed by atoms with Gasteiger partial charge in [0, 0.05) is 18.4 Å². The van der Waals surface area contributed by atoms with Crippen molar-refractivity contribution in [2.75, 3.05) is 0 Å². The predicted molar refractivity (Wildman–Crippen MR) is 76.4 cm³/mol. The van der Waals surface area contributed by atoms with Gasteiger partial charge in [-0.05, 0) is 36.8 Å². The van der Waals surface area contributed by atoms with Crippen molar-refractivity contribution < 1.29 is 18.3 Å². The van der Waals surface area contributed by atoms with Crippen LogP contribution in [0.2, 0.25) is 0 Å². The molecule has 0 unspecified atom stereocenters. The van der Waals surface area contributed by atoms with E-state index in [2.05, 4.69) is 9.71 Å². The summed E-state index contributed by atoms with van der Waals surface area (Å²) in [5, 5.41) is 8.89. The molecule has 6 nitrogen and oxygen atoms in total. The second kappa shape index (κ2) is 6.02. The van der Waals surface area contributed by atoms with E-state index in [-0.39, 0.29) is 17.0 Å². The first-order chi connectivity index (χ1) is 9.88. The van der Waals surface area contributed by atoms with E-state index in [1.165, 1.54) is 18.2 Å². The Kier molecular flexibility index (Phi) is 4.35. The van der Waals surface area contributed by atoms with Crippen molar-refractivity contribution in [1.82, 2.24) is 9.71 Å². The molecule has 1 heterocycles. The number of sulfonamides is 1. The van der Waals surface area contributed by atoms with Crippen molar-refractivity contribution in [3.8, 4) is 0 Å². The van der Waals surface area contributed by atoms with Crippen LogP contribution in [0.4, 0.5) is 0 Å². The highest BCUT2D eigenvalue weighted by Gasteiger charge is 2.15. The monoisotopic (exact) mass is 306 g/mol. The zero-order valence-corrected chi connectivity index (χ0v) is 12.1. The second-order valence-corrected chi connectivity index (χ2v) is 6.23. The zero-order valence-electron chi connectivity index (χ0n) is 11.3. The SMILES string of the molecule is Cc1ccc(CNS(=O)(=O)c2cccc(C(=O)O)c2)cn1. The third-order valence-corrected chi connectivity index (χ3v) is 4.23. The van der Waals surface area contributed by atoms with Gasteiger partial charge in [0.1, 0.15) is 0 Å². The number of aryl methyl sites for hydroxylation is 1. The van der Waals surface area contributed by atoms with Gasteiger partial charge in [-0.15, -0.1) is 0 Å². The van der Waals surface area contributed by atoms with Gasteiger partial charge in [0.25, 0.3) is 0 Å². The van der Waals surface area contributed by atoms with Crippen molar-refractivity contribution in [2.24, 2.45) is 0 Å². The van der Waals surface area contributed by atoms with Crippen molar-refractivity contribution in [1.29, 1.82) is 0 Å². The van der Waals surface area contributed by atoms with Gasteiger partial charge < -0.3 is 5.11 Å². The molecule has 0 saturated carbocycles. The highest BCUT2D eigenvalue weighted by atomic mass is 32.2. The van der Waals surface area contributed by atoms with E-state index >= 15 is 0 Å². The number of aromatic nitrogens is 1. The maximum Gasteiger partial charge on any atom is 0.335 e. The van der Waals surface area contributed by atoms with Crippen molar-refractivity contribution in [3.05, 3.63) is 59.4 Å². The minimum atomic E-state index is -3.77. The average molecular weight is 306 g/mol. The Labute approximate surface area is 122 Å². The molecule has 0 aliphatic rings. The minimum Gasteiger partial charge on any atom is -0.478 e. The molecule has 0 aliphatic carbocycles. The Morgan fingerprint density at radius 3 is 2.67 bits per heavy atom. The number of pyridine rings is 1. The first-order valence-corrected chi connectivity index (χ1v) is 7.61. The number of nitrogens with one attached hydrogen (secondary N) is 1. The molecule has 0 spiro atoms. The average Bonchev–Trinajstić information content (AvgIpc) is 2.47. The lowest BCUT2D eigenvalue weighted by Crippen LogP contribution is -2.23. The molecule has 0 atom stereocenters. The van der Waals surface area contributed by atoms with E-state index in [9.17, 15) is 13.2 Å². The summed E-state index contributed by atoms with van der Waals surface area (Å²) in [7, 11) is -3.77. The summed E-state index contributed by atoms with van der Waals surface area (Å²) in [5.41, 5.74) is 1.49. The number of carboxylic acids is 1. The topological polar surface area (TPSA) is 96.4 Å². The molecule has 0 saturated heterocycles. The molecule has 7 heteroatoms. The molecule has 1 aromatic carbocycles. The van der Waals surface area contributed by atoms with Gasteiger partial charge in [0.05, 0.1) is 10.5 Å². The number of nitrogens with zero attached hydrogens (tertiary/aromatic N) is 1. The summed E-state index contributed by atoms with van der Waals surface area (Å²) in [4.78, 5) is 14.9. The fraction of sp³-hybridized carbons (Fsp3) is 0.143. The number of aromatic carboxylic acids is 1. The third-order valence-electron chi connectivity index (χ3n) is 2.83. The molecular formula is C14H14N2O4S. The molecular weight excluding hydrogens is 292 g/mol. The van der Waals surface area contributed by atoms with Crippen LogP contribution in [0.5, 0.6) is 0 Å². The molecule has 21 heavy (non-hydrogen) atoms. The van der Waals surface area contributed by atoms with Crippen LogP contribution in [-0.4, -0.2) is 24.5 Å². The first-order valence-electron chi connectivity index (χ1n) is 6.13. The molecule has 2 aromatic rings. The minimum absolute atomic E-state index is 0.0742. The lowest BCUT2D eigenvalue weighted by Gasteiger charge is -2.07. The molecule has 2 rings (SSSR count). The van der Waals surface area contributed by atoms with Crippen LogP contribution < -0.4 is 4.72 Å². The number of benzene rings is 1. The predicted octanol–water partition coefficient (Wildman–Crippen LogP) is 1.57. The fourth-order valence-corrected chi connectivity index (χ4v) is 2.72. The van der Waals surface area contributed by atoms with Gasteiger partial charge in [-0.25, -0.2) is 17.9 Å². The summed E-state index contributed by atoms with van der Waals surface area (Å²) in [6.45, 7) is 1.93. The van der Waals surface area contributed by atoms with E-state index in [1.54, 1.807) is 18.3 Å². The fourth-order valence-electron chi connectivity index (χ4n) is 1.66. The normalized spacial score (nSPS) is 11.3. The number of hydrogen-bond acceptors (Lipinski definition) is 4. The molecule has 0 amide bonds. The van der Waals surface area contributed by atoms with Crippen LogP contribution in [-0.2, 0) is 16.6 Å². The maximum atomic E-state index is 12.1. The summed E-state index contributed by atoms with van der Waals surface area (Å²) >= 11 is 0. The van der Waals surface area contributed by atoms with Crippen LogP contribution in [0.25, 0.3) is 0 Å². The number of carboxylic acid groups (broad SMARTS) is 1. The number of rotatable bonds is 5. The summed E-state index contributed by atoms with van der Waals surface area (Å²) in [6.07, 6.45) is 1.59. The Morgan fingerprint density at radius 1 is 1.29 bits per heavy atom. The Morgan fingerprint density at radius 2 is 2.05 bits per heavy atom. The summed E-state index contributed by atoms with van der Waals surface area (Å²) in [5.74, 6) is -1.17. The maximum absolute atomic E-state index is 12.1. The lowest BCUT2D eigenvalue weighted by atomic mass is 10.2. The van der Waals surface area contributed by atoms with E-state index in [0.717, 1.165) is 17.3 Å². The molecule has 110 valence electrons. The second-order valence-electron chi connectivity index (χ2n) is 4.47. The van der Waals surface area contributed by atoms with Crippen LogP contribution in [0.15, 0.2) is 47.5 Å². The lowest BCUT2D eigenvalue weighted by molar-refractivity contribution is 0.0696. The largest absolute Gasteiger partial charge is 0.478 e. The van der Waals surface area contributed by atoms with Crippen LogP contribution in [0.1, 0.15) is 21.6 Å². The molecule has 0 aliphatic heterocycles. The highest BCUT2D eigenvalue weighted by Crippen LogP contribution is 2.12. The van der Waals surface area contributed by atoms with Crippen molar-refractivity contribution in [2.45, 2.75) is 18.4 Å². The molecule has 2 N–H and O–H groups in total. The van der Waals surface area contributed by atoms with Crippen LogP contribution >= 0.6 is 0 Å². The van der Waals surface area contributed by atoms with E-state index in [1.807, 2.05) is 6.92 Å². The summed E-state index contributed by atoms with van der Waals surface area (Å²) < 4.78 is 26.7. The first kappa shape index (κ1) is 15.1. The number of hydrogen-bond donors (Lipinski definition) is 2. The smallest absolute Gasteiger partial charge is 0.335 e. The Hall–Kier alpha value is -2.25. The van der Waals surface area contributed by atoms with Crippen molar-refractivity contribution >= 4 is 16.0 Å². The summed E-state index contributed by atoms with van der Waals surface area (Å²) in [6, 6.07) is 8.77. The standard InChI is InChI=1S/C14H14N2O4S/c1-10-5-6-11(8-15-10)9-16-21(19,20)13-4-2-3-12(7-13)14(17)18/h2-8,16H,9H2,1H3,(H,17,18). The molecule has 0 radical (unpaired) electrons. The van der Waals surface area contributed by atoms with Gasteiger partial charge in [-0.2, -0.15) is 0 Å². The molecule has 1 aromatic heterocycles. The highest BCUT2D eigenvalue weighted by molar-refractivity contribution is 7.89. The third kappa shape index (κ3) is 3.87. The van der Waals surface area contributed by atoms with E-state index in [0.29, 0.717) is 0 Å². The van der Waals surface area contributed by atoms with E-state index < -0.39 is 16.0 Å². The van der Waals surface area contributed by atoms with Crippen molar-refractivity contribution in [3.63, 3.8) is 0 Å². The van der Waals surface area contributed by atoms with Gasteiger partial charge in [-0.3, -0.25) is 4.98 Å². The Bertz CT molecular complexity index is 755. The Balaban J connectivity index is 2.16. The van der Waals surface area contributed by atoms with Gasteiger partial charge >= 0.3 is 5.97 Å². The molecule has 0 bridgehead atoms. The zero-order chi connectivity index (χ0) is 15.5. The van der Waals surface area contributed by atoms with Crippen LogP contribution in [0.3, 0.4) is 0 Å².